The summed E-state index contributed by atoms with van der Waals surface area (Å²) in [6.07, 6.45) is 1.95. The van der Waals surface area contributed by atoms with Crippen molar-refractivity contribution >= 4 is 62.8 Å². The molecule has 35 heavy (non-hydrogen) atoms. The van der Waals surface area contributed by atoms with Crippen molar-refractivity contribution in [1.82, 2.24) is 19.5 Å². The fourth-order valence-electron chi connectivity index (χ4n) is 3.04. The summed E-state index contributed by atoms with van der Waals surface area (Å²) in [5.74, 6) is -1.54. The molecular weight excluding hydrogens is 552 g/mol. The van der Waals surface area contributed by atoms with Crippen molar-refractivity contribution in [2.75, 3.05) is 5.32 Å². The van der Waals surface area contributed by atoms with Gasteiger partial charge in [-0.25, -0.2) is 19.6 Å². The number of rotatable bonds is 6. The average molecular weight is 566 g/mol. The third kappa shape index (κ3) is 5.62. The van der Waals surface area contributed by atoms with Crippen LogP contribution in [0.5, 0.6) is 0 Å². The van der Waals surface area contributed by atoms with Crippen molar-refractivity contribution in [1.29, 1.82) is 0 Å². The Balaban J connectivity index is 0.00000342. The first-order chi connectivity index (χ1) is 16.2. The molecule has 0 saturated heterocycles. The number of halogens is 2. The molecule has 0 bridgehead atoms. The second-order valence-electron chi connectivity index (χ2n) is 6.82. The predicted molar refractivity (Wildman–Crippen MR) is 128 cm³/mol. The number of carboxylic acids is 1. The number of nitro groups is 1. The van der Waals surface area contributed by atoms with Crippen LogP contribution in [0, 0.1) is 10.1 Å². The maximum absolute atomic E-state index is 12.0. The molecule has 0 aliphatic rings. The SMILES string of the molecule is Cl.O=C(Nc1cccc(Br)c1)OCc1cn(-c2cc3nc(C(=O)O)c(=O)[nH]c3cc2[N+](=O)[O-])cn1. The van der Waals surface area contributed by atoms with Gasteiger partial charge in [0, 0.05) is 22.4 Å². The van der Waals surface area contributed by atoms with E-state index in [1.165, 1.54) is 23.2 Å². The normalized spacial score (nSPS) is 10.4. The summed E-state index contributed by atoms with van der Waals surface area (Å²) >= 11 is 3.29. The number of carboxylic acid groups (broad SMARTS) is 1. The van der Waals surface area contributed by atoms with Crippen molar-refractivity contribution < 1.29 is 24.4 Å². The number of amides is 1. The van der Waals surface area contributed by atoms with Gasteiger partial charge in [0.1, 0.15) is 12.3 Å². The van der Waals surface area contributed by atoms with E-state index in [0.717, 1.165) is 10.5 Å². The number of anilines is 1. The van der Waals surface area contributed by atoms with Crippen LogP contribution in [0.3, 0.4) is 0 Å². The summed E-state index contributed by atoms with van der Waals surface area (Å²) in [7, 11) is 0. The number of benzene rings is 2. The van der Waals surface area contributed by atoms with Crippen molar-refractivity contribution in [3.05, 3.63) is 85.3 Å². The summed E-state index contributed by atoms with van der Waals surface area (Å²) in [5.41, 5.74) is -1.26. The molecule has 0 unspecified atom stereocenters. The number of aromatic carboxylic acids is 1. The fourth-order valence-corrected chi connectivity index (χ4v) is 3.44. The Bertz CT molecular complexity index is 1520. The number of nitrogens with zero attached hydrogens (tertiary/aromatic N) is 4. The Kier molecular flexibility index (Phi) is 7.46. The number of imidazole rings is 1. The van der Waals surface area contributed by atoms with E-state index in [1.54, 1.807) is 24.3 Å². The Morgan fingerprint density at radius 1 is 1.29 bits per heavy atom. The quantitative estimate of drug-likeness (QED) is 0.232. The summed E-state index contributed by atoms with van der Waals surface area (Å²) < 4.78 is 7.21. The fraction of sp³-hybridized carbons (Fsp3) is 0.0500. The number of nitro benzene ring substituents is 1. The van der Waals surface area contributed by atoms with Crippen molar-refractivity contribution in [2.24, 2.45) is 0 Å². The number of fused-ring (bicyclic) bond motifs is 1. The molecule has 0 atom stereocenters. The van der Waals surface area contributed by atoms with Crippen LogP contribution in [0.1, 0.15) is 16.2 Å². The van der Waals surface area contributed by atoms with Gasteiger partial charge in [0.05, 0.1) is 28.0 Å². The molecule has 15 heteroatoms. The first-order valence-electron chi connectivity index (χ1n) is 9.39. The predicted octanol–water partition coefficient (Wildman–Crippen LogP) is 3.65. The monoisotopic (exact) mass is 564 g/mol. The molecule has 0 aliphatic heterocycles. The maximum atomic E-state index is 12.0. The molecule has 0 radical (unpaired) electrons. The number of aromatic nitrogens is 4. The first-order valence-corrected chi connectivity index (χ1v) is 10.2. The molecule has 1 amide bonds. The zero-order chi connectivity index (χ0) is 24.4. The van der Waals surface area contributed by atoms with E-state index >= 15 is 0 Å². The van der Waals surface area contributed by atoms with E-state index in [0.29, 0.717) is 11.4 Å². The summed E-state index contributed by atoms with van der Waals surface area (Å²) in [5, 5.41) is 23.3. The molecule has 2 heterocycles. The van der Waals surface area contributed by atoms with Gasteiger partial charge in [-0.1, -0.05) is 22.0 Å². The number of carbonyl (C=O) groups excluding carboxylic acids is 1. The van der Waals surface area contributed by atoms with E-state index in [9.17, 15) is 24.5 Å². The summed E-state index contributed by atoms with van der Waals surface area (Å²) in [4.78, 5) is 56.2. The Labute approximate surface area is 209 Å². The molecule has 0 spiro atoms. The molecule has 0 aliphatic carbocycles. The zero-order valence-corrected chi connectivity index (χ0v) is 19.7. The van der Waals surface area contributed by atoms with Gasteiger partial charge in [-0.2, -0.15) is 0 Å². The number of carbonyl (C=O) groups is 2. The van der Waals surface area contributed by atoms with Gasteiger partial charge in [0.15, 0.2) is 0 Å². The highest BCUT2D eigenvalue weighted by molar-refractivity contribution is 9.10. The van der Waals surface area contributed by atoms with Gasteiger partial charge in [0.25, 0.3) is 11.2 Å². The lowest BCUT2D eigenvalue weighted by Crippen LogP contribution is -2.20. The van der Waals surface area contributed by atoms with Crippen LogP contribution in [0.2, 0.25) is 0 Å². The van der Waals surface area contributed by atoms with Gasteiger partial charge in [-0.15, -0.1) is 12.4 Å². The molecule has 0 fully saturated rings. The topological polar surface area (TPSA) is 182 Å². The third-order valence-corrected chi connectivity index (χ3v) is 5.02. The second kappa shape index (κ2) is 10.3. The van der Waals surface area contributed by atoms with E-state index in [1.807, 2.05) is 0 Å². The molecule has 4 aromatic rings. The standard InChI is InChI=1S/C20H13BrN6O7.ClH/c21-10-2-1-3-11(4-10)23-20(31)34-8-12-7-26(9-22-12)15-5-13-14(6-16(15)27(32)33)25-18(28)17(24-13)19(29)30;/h1-7,9H,8H2,(H,23,31)(H,25,28)(H,29,30);1H. The number of aromatic amines is 1. The van der Waals surface area contributed by atoms with Crippen LogP contribution in [0.4, 0.5) is 16.2 Å². The molecule has 180 valence electrons. The average Bonchev–Trinajstić information content (AvgIpc) is 3.25. The molecule has 0 saturated carbocycles. The van der Waals surface area contributed by atoms with Crippen molar-refractivity contribution in [2.45, 2.75) is 6.61 Å². The van der Waals surface area contributed by atoms with E-state index in [4.69, 9.17) is 9.84 Å². The third-order valence-electron chi connectivity index (χ3n) is 4.52. The number of hydrogen-bond acceptors (Lipinski definition) is 8. The van der Waals surface area contributed by atoms with Gasteiger partial charge < -0.3 is 14.8 Å². The van der Waals surface area contributed by atoms with Gasteiger partial charge >= 0.3 is 12.1 Å². The molecule has 13 nitrogen and oxygen atoms in total. The van der Waals surface area contributed by atoms with Crippen LogP contribution in [-0.4, -0.2) is 41.6 Å². The largest absolute Gasteiger partial charge is 0.476 e. The highest BCUT2D eigenvalue weighted by Gasteiger charge is 2.21. The van der Waals surface area contributed by atoms with Crippen LogP contribution >= 0.6 is 28.3 Å². The Morgan fingerprint density at radius 3 is 2.74 bits per heavy atom. The summed E-state index contributed by atoms with van der Waals surface area (Å²) in [6.45, 7) is -0.219. The van der Waals surface area contributed by atoms with Gasteiger partial charge in [-0.3, -0.25) is 24.8 Å². The van der Waals surface area contributed by atoms with E-state index in [2.05, 4.69) is 36.2 Å². The first kappa shape index (κ1) is 25.3. The van der Waals surface area contributed by atoms with Crippen molar-refractivity contribution in [3.63, 3.8) is 0 Å². The lowest BCUT2D eigenvalue weighted by molar-refractivity contribution is -0.384. The molecule has 2 aromatic carbocycles. The number of H-pyrrole nitrogens is 1. The smallest absolute Gasteiger partial charge is 0.412 e. The van der Waals surface area contributed by atoms with Gasteiger partial charge in [-0.05, 0) is 24.3 Å². The number of hydrogen-bond donors (Lipinski definition) is 3. The second-order valence-corrected chi connectivity index (χ2v) is 7.73. The Morgan fingerprint density at radius 2 is 2.06 bits per heavy atom. The van der Waals surface area contributed by atoms with Crippen LogP contribution < -0.4 is 10.9 Å². The van der Waals surface area contributed by atoms with E-state index in [-0.39, 0.29) is 41.4 Å². The highest BCUT2D eigenvalue weighted by atomic mass is 79.9. The van der Waals surface area contributed by atoms with Crippen molar-refractivity contribution in [3.8, 4) is 5.69 Å². The molecular formula is C20H14BrClN6O7. The zero-order valence-electron chi connectivity index (χ0n) is 17.3. The molecule has 4 rings (SSSR count). The lowest BCUT2D eigenvalue weighted by Gasteiger charge is -2.07. The maximum Gasteiger partial charge on any atom is 0.412 e. The Hall–Kier alpha value is -4.30. The molecule has 2 aromatic heterocycles. The number of ether oxygens (including phenoxy) is 1. The minimum atomic E-state index is -1.54. The van der Waals surface area contributed by atoms with Gasteiger partial charge in [0.2, 0.25) is 5.69 Å². The van der Waals surface area contributed by atoms with Crippen LogP contribution in [0.25, 0.3) is 16.7 Å². The highest BCUT2D eigenvalue weighted by Crippen LogP contribution is 2.27. The van der Waals surface area contributed by atoms with Crippen LogP contribution in [-0.2, 0) is 11.3 Å². The number of nitrogens with one attached hydrogen (secondary N) is 2. The van der Waals surface area contributed by atoms with E-state index < -0.39 is 28.2 Å². The molecule has 3 N–H and O–H groups in total. The minimum absolute atomic E-state index is 0. The van der Waals surface area contributed by atoms with Crippen LogP contribution in [0.15, 0.2) is 58.2 Å². The lowest BCUT2D eigenvalue weighted by atomic mass is 10.2. The summed E-state index contributed by atoms with van der Waals surface area (Å²) in [6, 6.07) is 9.23. The minimum Gasteiger partial charge on any atom is -0.476 e.